The highest BCUT2D eigenvalue weighted by atomic mass is 16.3. The van der Waals surface area contributed by atoms with Crippen LogP contribution in [0, 0.1) is 0 Å². The lowest BCUT2D eigenvalue weighted by atomic mass is 10.2. The van der Waals surface area contributed by atoms with Gasteiger partial charge in [0, 0.05) is 52.1 Å². The lowest BCUT2D eigenvalue weighted by molar-refractivity contribution is -0.134. The molecule has 0 unspecified atom stereocenters. The van der Waals surface area contributed by atoms with E-state index in [0.717, 1.165) is 12.8 Å². The summed E-state index contributed by atoms with van der Waals surface area (Å²) in [6.45, 7) is 4.10. The Hall–Kier alpha value is -2.31. The Morgan fingerprint density at radius 1 is 1.17 bits per heavy atom. The molecule has 0 radical (unpaired) electrons. The number of carbonyl (C=O) groups is 3. The van der Waals surface area contributed by atoms with Crippen LogP contribution in [0.1, 0.15) is 36.7 Å². The topological polar surface area (TPSA) is 74.1 Å². The lowest BCUT2D eigenvalue weighted by Gasteiger charge is -2.34. The minimum atomic E-state index is -0.136. The lowest BCUT2D eigenvalue weighted by Crippen LogP contribution is -2.51. The largest absolute Gasteiger partial charge is 0.459 e. The van der Waals surface area contributed by atoms with Gasteiger partial charge in [0.15, 0.2) is 5.76 Å². The van der Waals surface area contributed by atoms with E-state index < -0.39 is 0 Å². The molecule has 0 bridgehead atoms. The van der Waals surface area contributed by atoms with Crippen LogP contribution in [-0.2, 0) is 9.59 Å². The minimum Gasteiger partial charge on any atom is -0.459 e. The van der Waals surface area contributed by atoms with E-state index in [1.807, 2.05) is 0 Å². The van der Waals surface area contributed by atoms with Crippen molar-refractivity contribution in [3.05, 3.63) is 24.2 Å². The van der Waals surface area contributed by atoms with Crippen LogP contribution in [0.3, 0.4) is 0 Å². The molecule has 1 aliphatic carbocycles. The first-order valence-corrected chi connectivity index (χ1v) is 8.44. The Kier molecular flexibility index (Phi) is 4.87. The standard InChI is InChI=1S/C17H23N3O4/c1-13(21)20(14-4-5-14)7-6-16(22)18-8-10-19(11-9-18)17(23)15-3-2-12-24-15/h2-3,12,14H,4-11H2,1H3. The molecule has 1 saturated carbocycles. The molecule has 1 aliphatic heterocycles. The summed E-state index contributed by atoms with van der Waals surface area (Å²) in [7, 11) is 0. The zero-order valence-electron chi connectivity index (χ0n) is 13.9. The van der Waals surface area contributed by atoms with Gasteiger partial charge in [0.05, 0.1) is 6.26 Å². The number of hydrogen-bond acceptors (Lipinski definition) is 4. The van der Waals surface area contributed by atoms with Crippen LogP contribution in [0.2, 0.25) is 0 Å². The van der Waals surface area contributed by atoms with E-state index in [1.54, 1.807) is 33.8 Å². The molecule has 130 valence electrons. The van der Waals surface area contributed by atoms with Gasteiger partial charge in [-0.3, -0.25) is 14.4 Å². The SMILES string of the molecule is CC(=O)N(CCC(=O)N1CCN(C(=O)c2ccco2)CC1)C1CC1. The second-order valence-electron chi connectivity index (χ2n) is 6.34. The van der Waals surface area contributed by atoms with Gasteiger partial charge in [0.1, 0.15) is 0 Å². The molecule has 0 N–H and O–H groups in total. The fourth-order valence-electron chi connectivity index (χ4n) is 3.07. The molecular weight excluding hydrogens is 310 g/mol. The van der Waals surface area contributed by atoms with Gasteiger partial charge in [0.25, 0.3) is 5.91 Å². The maximum absolute atomic E-state index is 12.3. The monoisotopic (exact) mass is 333 g/mol. The smallest absolute Gasteiger partial charge is 0.289 e. The number of piperazine rings is 1. The minimum absolute atomic E-state index is 0.0409. The van der Waals surface area contributed by atoms with E-state index in [9.17, 15) is 14.4 Å². The van der Waals surface area contributed by atoms with Crippen molar-refractivity contribution in [2.24, 2.45) is 0 Å². The molecule has 0 atom stereocenters. The molecule has 7 nitrogen and oxygen atoms in total. The fourth-order valence-corrected chi connectivity index (χ4v) is 3.07. The third-order valence-electron chi connectivity index (χ3n) is 4.61. The summed E-state index contributed by atoms with van der Waals surface area (Å²) in [4.78, 5) is 41.4. The number of carbonyl (C=O) groups excluding carboxylic acids is 3. The summed E-state index contributed by atoms with van der Waals surface area (Å²) >= 11 is 0. The highest BCUT2D eigenvalue weighted by molar-refractivity contribution is 5.91. The van der Waals surface area contributed by atoms with Crippen LogP contribution in [0.25, 0.3) is 0 Å². The van der Waals surface area contributed by atoms with E-state index in [-0.39, 0.29) is 17.7 Å². The highest BCUT2D eigenvalue weighted by Gasteiger charge is 2.32. The third kappa shape index (κ3) is 3.77. The number of nitrogens with zero attached hydrogens (tertiary/aromatic N) is 3. The van der Waals surface area contributed by atoms with Gasteiger partial charge in [-0.1, -0.05) is 0 Å². The fraction of sp³-hybridized carbons (Fsp3) is 0.588. The van der Waals surface area contributed by atoms with Gasteiger partial charge in [0.2, 0.25) is 11.8 Å². The molecule has 2 fully saturated rings. The Morgan fingerprint density at radius 2 is 1.83 bits per heavy atom. The Bertz CT molecular complexity index is 601. The Morgan fingerprint density at radius 3 is 2.38 bits per heavy atom. The molecule has 2 heterocycles. The van der Waals surface area contributed by atoms with Crippen molar-refractivity contribution in [3.63, 3.8) is 0 Å². The van der Waals surface area contributed by atoms with Crippen molar-refractivity contribution in [2.75, 3.05) is 32.7 Å². The molecule has 0 spiro atoms. The van der Waals surface area contributed by atoms with E-state index >= 15 is 0 Å². The van der Waals surface area contributed by atoms with Crippen molar-refractivity contribution < 1.29 is 18.8 Å². The molecule has 3 amide bonds. The van der Waals surface area contributed by atoms with Crippen molar-refractivity contribution in [2.45, 2.75) is 32.2 Å². The number of amides is 3. The van der Waals surface area contributed by atoms with E-state index in [2.05, 4.69) is 0 Å². The zero-order chi connectivity index (χ0) is 17.1. The van der Waals surface area contributed by atoms with Crippen LogP contribution in [0.15, 0.2) is 22.8 Å². The van der Waals surface area contributed by atoms with Gasteiger partial charge in [-0.2, -0.15) is 0 Å². The number of rotatable bonds is 5. The summed E-state index contributed by atoms with van der Waals surface area (Å²) in [5.41, 5.74) is 0. The molecule has 1 saturated heterocycles. The Balaban J connectivity index is 1.45. The number of hydrogen-bond donors (Lipinski definition) is 0. The average Bonchev–Trinajstić information content (AvgIpc) is 3.26. The van der Waals surface area contributed by atoms with Crippen LogP contribution < -0.4 is 0 Å². The van der Waals surface area contributed by atoms with E-state index in [1.165, 1.54) is 6.26 Å². The zero-order valence-corrected chi connectivity index (χ0v) is 13.9. The second kappa shape index (κ2) is 7.07. The molecule has 7 heteroatoms. The Labute approximate surface area is 141 Å². The van der Waals surface area contributed by atoms with Gasteiger partial charge in [-0.25, -0.2) is 0 Å². The van der Waals surface area contributed by atoms with Crippen molar-refractivity contribution in [3.8, 4) is 0 Å². The predicted molar refractivity (Wildman–Crippen MR) is 86.2 cm³/mol. The summed E-state index contributed by atoms with van der Waals surface area (Å²) in [6.07, 6.45) is 3.92. The predicted octanol–water partition coefficient (Wildman–Crippen LogP) is 0.965. The third-order valence-corrected chi connectivity index (χ3v) is 4.61. The highest BCUT2D eigenvalue weighted by Crippen LogP contribution is 2.27. The van der Waals surface area contributed by atoms with Crippen molar-refractivity contribution >= 4 is 17.7 Å². The molecular formula is C17H23N3O4. The summed E-state index contributed by atoms with van der Waals surface area (Å²) < 4.78 is 5.13. The van der Waals surface area contributed by atoms with Crippen LogP contribution in [0.4, 0.5) is 0 Å². The molecule has 1 aromatic heterocycles. The molecule has 3 rings (SSSR count). The summed E-state index contributed by atoms with van der Waals surface area (Å²) in [5.74, 6) is 0.283. The second-order valence-corrected chi connectivity index (χ2v) is 6.34. The molecule has 0 aromatic carbocycles. The first-order chi connectivity index (χ1) is 11.6. The maximum atomic E-state index is 12.3. The quantitative estimate of drug-likeness (QED) is 0.805. The van der Waals surface area contributed by atoms with E-state index in [4.69, 9.17) is 4.42 Å². The van der Waals surface area contributed by atoms with Crippen LogP contribution in [-0.4, -0.2) is 71.2 Å². The van der Waals surface area contributed by atoms with Gasteiger partial charge in [-0.05, 0) is 25.0 Å². The first kappa shape index (κ1) is 16.5. The van der Waals surface area contributed by atoms with Gasteiger partial charge < -0.3 is 19.1 Å². The first-order valence-electron chi connectivity index (χ1n) is 8.44. The summed E-state index contributed by atoms with van der Waals surface area (Å²) in [6, 6.07) is 3.67. The van der Waals surface area contributed by atoms with Gasteiger partial charge in [-0.15, -0.1) is 0 Å². The van der Waals surface area contributed by atoms with E-state index in [0.29, 0.717) is 50.9 Å². The summed E-state index contributed by atoms with van der Waals surface area (Å²) in [5, 5.41) is 0. The number of furan rings is 1. The van der Waals surface area contributed by atoms with Crippen LogP contribution >= 0.6 is 0 Å². The van der Waals surface area contributed by atoms with Crippen LogP contribution in [0.5, 0.6) is 0 Å². The molecule has 24 heavy (non-hydrogen) atoms. The molecule has 1 aromatic rings. The van der Waals surface area contributed by atoms with Crippen molar-refractivity contribution in [1.29, 1.82) is 0 Å². The normalized spacial score (nSPS) is 17.7. The van der Waals surface area contributed by atoms with Gasteiger partial charge >= 0.3 is 0 Å². The molecule has 2 aliphatic rings. The average molecular weight is 333 g/mol. The van der Waals surface area contributed by atoms with Crippen molar-refractivity contribution in [1.82, 2.24) is 14.7 Å². The maximum Gasteiger partial charge on any atom is 0.289 e.